The minimum absolute atomic E-state index is 0.0598. The molecule has 1 fully saturated rings. The number of methoxy groups -OCH3 is 1. The zero-order valence-electron chi connectivity index (χ0n) is 11.5. The number of hydrogen-bond donors (Lipinski definition) is 2. The summed E-state index contributed by atoms with van der Waals surface area (Å²) in [5, 5.41) is 0. The van der Waals surface area contributed by atoms with Crippen molar-refractivity contribution in [3.63, 3.8) is 0 Å². The van der Waals surface area contributed by atoms with Crippen molar-refractivity contribution < 1.29 is 9.53 Å². The third-order valence-corrected chi connectivity index (χ3v) is 3.65. The van der Waals surface area contributed by atoms with E-state index in [1.165, 1.54) is 32.4 Å². The van der Waals surface area contributed by atoms with Crippen LogP contribution in [0.25, 0.3) is 0 Å². The van der Waals surface area contributed by atoms with Gasteiger partial charge in [-0.05, 0) is 51.2 Å². The molecule has 1 saturated heterocycles. The summed E-state index contributed by atoms with van der Waals surface area (Å²) in [5.41, 5.74) is 2.16. The predicted molar refractivity (Wildman–Crippen MR) is 71.8 cm³/mol. The van der Waals surface area contributed by atoms with Crippen LogP contribution in [-0.2, 0) is 9.53 Å². The molecule has 1 amide bonds. The van der Waals surface area contributed by atoms with Gasteiger partial charge in [0.25, 0.3) is 0 Å². The lowest BCUT2D eigenvalue weighted by Gasteiger charge is -2.31. The van der Waals surface area contributed by atoms with E-state index in [1.807, 2.05) is 0 Å². The van der Waals surface area contributed by atoms with E-state index in [1.54, 1.807) is 7.11 Å². The number of amides is 1. The topological polar surface area (TPSA) is 67.6 Å². The first-order valence-corrected chi connectivity index (χ1v) is 6.97. The number of hydrogen-bond acceptors (Lipinski definition) is 4. The van der Waals surface area contributed by atoms with Crippen molar-refractivity contribution in [3.05, 3.63) is 0 Å². The number of unbranched alkanes of at least 4 members (excludes halogenated alkanes) is 2. The molecule has 0 aliphatic carbocycles. The highest BCUT2D eigenvalue weighted by molar-refractivity contribution is 5.74. The van der Waals surface area contributed by atoms with Gasteiger partial charge >= 0.3 is 0 Å². The SMILES string of the molecule is COCC1CCN(CCCCCC(=O)NN)CC1. The summed E-state index contributed by atoms with van der Waals surface area (Å²) >= 11 is 0. The Balaban J connectivity index is 1.96. The van der Waals surface area contributed by atoms with Crippen molar-refractivity contribution in [2.45, 2.75) is 38.5 Å². The molecule has 0 aromatic heterocycles. The summed E-state index contributed by atoms with van der Waals surface area (Å²) in [4.78, 5) is 13.4. The van der Waals surface area contributed by atoms with Gasteiger partial charge in [0.15, 0.2) is 0 Å². The lowest BCUT2D eigenvalue weighted by atomic mass is 9.97. The van der Waals surface area contributed by atoms with Gasteiger partial charge < -0.3 is 9.64 Å². The molecule has 0 aromatic rings. The minimum Gasteiger partial charge on any atom is -0.384 e. The maximum absolute atomic E-state index is 10.9. The highest BCUT2D eigenvalue weighted by atomic mass is 16.5. The van der Waals surface area contributed by atoms with Crippen molar-refractivity contribution in [3.8, 4) is 0 Å². The molecule has 0 radical (unpaired) electrons. The monoisotopic (exact) mass is 257 g/mol. The average molecular weight is 257 g/mol. The molecule has 0 bridgehead atoms. The Morgan fingerprint density at radius 2 is 2.06 bits per heavy atom. The quantitative estimate of drug-likeness (QED) is 0.293. The second-order valence-corrected chi connectivity index (χ2v) is 5.12. The van der Waals surface area contributed by atoms with E-state index >= 15 is 0 Å². The lowest BCUT2D eigenvalue weighted by Crippen LogP contribution is -2.35. The standard InChI is InChI=1S/C13H27N3O2/c1-18-11-12-6-9-16(10-7-12)8-4-2-3-5-13(17)15-14/h12H,2-11,14H2,1H3,(H,15,17). The first kappa shape index (κ1) is 15.4. The lowest BCUT2D eigenvalue weighted by molar-refractivity contribution is -0.121. The number of nitrogens with zero attached hydrogens (tertiary/aromatic N) is 1. The van der Waals surface area contributed by atoms with Crippen molar-refractivity contribution in [1.29, 1.82) is 0 Å². The Morgan fingerprint density at radius 3 is 2.67 bits per heavy atom. The second kappa shape index (κ2) is 9.30. The summed E-state index contributed by atoms with van der Waals surface area (Å²) in [5.74, 6) is 5.71. The van der Waals surface area contributed by atoms with Crippen LogP contribution in [0.15, 0.2) is 0 Å². The fourth-order valence-corrected chi connectivity index (χ4v) is 2.48. The van der Waals surface area contributed by atoms with Crippen molar-refractivity contribution in [2.24, 2.45) is 11.8 Å². The smallest absolute Gasteiger partial charge is 0.233 e. The number of nitrogens with two attached hydrogens (primary N) is 1. The van der Waals surface area contributed by atoms with Gasteiger partial charge in [0.1, 0.15) is 0 Å². The van der Waals surface area contributed by atoms with Crippen molar-refractivity contribution in [2.75, 3.05) is 33.4 Å². The number of likely N-dealkylation sites (tertiary alicyclic amines) is 1. The van der Waals surface area contributed by atoms with Gasteiger partial charge in [-0.2, -0.15) is 0 Å². The van der Waals surface area contributed by atoms with Gasteiger partial charge in [-0.3, -0.25) is 10.2 Å². The first-order valence-electron chi connectivity index (χ1n) is 6.97. The number of piperidine rings is 1. The maximum Gasteiger partial charge on any atom is 0.233 e. The Hall–Kier alpha value is -0.650. The molecule has 1 aliphatic heterocycles. The van der Waals surface area contributed by atoms with Gasteiger partial charge in [-0.15, -0.1) is 0 Å². The van der Waals surface area contributed by atoms with Crippen molar-refractivity contribution >= 4 is 5.91 Å². The van der Waals surface area contributed by atoms with Crippen LogP contribution in [0.3, 0.4) is 0 Å². The predicted octanol–water partition coefficient (Wildman–Crippen LogP) is 0.895. The number of rotatable bonds is 8. The van der Waals surface area contributed by atoms with E-state index < -0.39 is 0 Å². The largest absolute Gasteiger partial charge is 0.384 e. The molecule has 3 N–H and O–H groups in total. The molecule has 5 nitrogen and oxygen atoms in total. The molecule has 106 valence electrons. The first-order chi connectivity index (χ1) is 8.76. The van der Waals surface area contributed by atoms with Gasteiger partial charge in [0.2, 0.25) is 5.91 Å². The van der Waals surface area contributed by atoms with Crippen LogP contribution in [0.1, 0.15) is 38.5 Å². The Labute approximate surface area is 110 Å². The molecule has 1 rings (SSSR count). The van der Waals surface area contributed by atoms with E-state index in [0.29, 0.717) is 6.42 Å². The van der Waals surface area contributed by atoms with Crippen LogP contribution in [0.5, 0.6) is 0 Å². The van der Waals surface area contributed by atoms with Crippen molar-refractivity contribution in [1.82, 2.24) is 10.3 Å². The van der Waals surface area contributed by atoms with Gasteiger partial charge in [0, 0.05) is 20.1 Å². The Bertz CT molecular complexity index is 228. The molecular formula is C13H27N3O2. The molecule has 0 spiro atoms. The minimum atomic E-state index is -0.0598. The molecule has 0 aromatic carbocycles. The molecular weight excluding hydrogens is 230 g/mol. The summed E-state index contributed by atoms with van der Waals surface area (Å²) in [6.45, 7) is 4.45. The molecule has 18 heavy (non-hydrogen) atoms. The van der Waals surface area contributed by atoms with E-state index in [0.717, 1.165) is 31.9 Å². The van der Waals surface area contributed by atoms with Gasteiger partial charge in [-0.1, -0.05) is 6.42 Å². The van der Waals surface area contributed by atoms with Crippen LogP contribution >= 0.6 is 0 Å². The zero-order chi connectivity index (χ0) is 13.2. The van der Waals surface area contributed by atoms with Crippen LogP contribution < -0.4 is 11.3 Å². The van der Waals surface area contributed by atoms with Gasteiger partial charge in [0.05, 0.1) is 0 Å². The number of ether oxygens (including phenoxy) is 1. The van der Waals surface area contributed by atoms with Crippen LogP contribution in [-0.4, -0.2) is 44.2 Å². The Kier molecular flexibility index (Phi) is 7.96. The molecule has 0 unspecified atom stereocenters. The summed E-state index contributed by atoms with van der Waals surface area (Å²) in [6, 6.07) is 0. The van der Waals surface area contributed by atoms with Crippen LogP contribution in [0.2, 0.25) is 0 Å². The van der Waals surface area contributed by atoms with E-state index in [9.17, 15) is 4.79 Å². The maximum atomic E-state index is 10.9. The number of hydrazine groups is 1. The highest BCUT2D eigenvalue weighted by Gasteiger charge is 2.18. The molecule has 0 atom stereocenters. The molecule has 1 heterocycles. The molecule has 1 aliphatic rings. The van der Waals surface area contributed by atoms with E-state index in [4.69, 9.17) is 10.6 Å². The van der Waals surface area contributed by atoms with Gasteiger partial charge in [-0.25, -0.2) is 5.84 Å². The van der Waals surface area contributed by atoms with Crippen LogP contribution in [0, 0.1) is 5.92 Å². The average Bonchev–Trinajstić information content (AvgIpc) is 2.40. The van der Waals surface area contributed by atoms with E-state index in [-0.39, 0.29) is 5.91 Å². The van der Waals surface area contributed by atoms with Crippen LogP contribution in [0.4, 0.5) is 0 Å². The Morgan fingerprint density at radius 1 is 1.33 bits per heavy atom. The number of carbonyl (C=O) groups is 1. The third kappa shape index (κ3) is 6.33. The fourth-order valence-electron chi connectivity index (χ4n) is 2.48. The molecule has 0 saturated carbocycles. The highest BCUT2D eigenvalue weighted by Crippen LogP contribution is 2.17. The van der Waals surface area contributed by atoms with E-state index in [2.05, 4.69) is 10.3 Å². The summed E-state index contributed by atoms with van der Waals surface area (Å²) in [6.07, 6.45) is 6.26. The fraction of sp³-hybridized carbons (Fsp3) is 0.923. The number of carbonyl (C=O) groups excluding carboxylic acids is 1. The normalized spacial score (nSPS) is 17.9. The second-order valence-electron chi connectivity index (χ2n) is 5.12. The molecule has 5 heteroatoms. The third-order valence-electron chi connectivity index (χ3n) is 3.65. The summed E-state index contributed by atoms with van der Waals surface area (Å²) < 4.78 is 5.20. The number of nitrogens with one attached hydrogen (secondary N) is 1. The zero-order valence-corrected chi connectivity index (χ0v) is 11.5. The summed E-state index contributed by atoms with van der Waals surface area (Å²) in [7, 11) is 1.78.